The Bertz CT molecular complexity index is 1020. The minimum atomic E-state index is -0.928. The lowest BCUT2D eigenvalue weighted by Gasteiger charge is -2.54. The quantitative estimate of drug-likeness (QED) is 0.605. The number of allylic oxidation sites excluding steroid dienone is 4. The molecule has 0 heterocycles. The molecule has 1 aromatic carbocycles. The topological polar surface area (TPSA) is 37.3 Å². The van der Waals surface area contributed by atoms with E-state index < -0.39 is 5.60 Å². The molecule has 0 bridgehead atoms. The van der Waals surface area contributed by atoms with Gasteiger partial charge in [-0.1, -0.05) is 55.7 Å². The van der Waals surface area contributed by atoms with E-state index in [1.165, 1.54) is 16.7 Å². The Labute approximate surface area is 186 Å². The number of benzene rings is 1. The maximum Gasteiger partial charge on any atom is 0.156 e. The fourth-order valence-electron chi connectivity index (χ4n) is 7.71. The van der Waals surface area contributed by atoms with Crippen LogP contribution in [0.15, 0.2) is 53.1 Å². The first-order valence-electron chi connectivity index (χ1n) is 12.1. The van der Waals surface area contributed by atoms with Crippen LogP contribution in [0.5, 0.6) is 0 Å². The Balaban J connectivity index is 1.71. The van der Waals surface area contributed by atoms with Crippen LogP contribution in [0.2, 0.25) is 0 Å². The van der Waals surface area contributed by atoms with Crippen molar-refractivity contribution in [3.63, 3.8) is 0 Å². The number of hydrogen-bond donors (Lipinski definition) is 1. The number of rotatable bonds is 2. The van der Waals surface area contributed by atoms with Crippen molar-refractivity contribution >= 4 is 5.78 Å². The maximum absolute atomic E-state index is 12.2. The number of carbonyl (C=O) groups is 1. The molecule has 2 nitrogen and oxygen atoms in total. The van der Waals surface area contributed by atoms with Gasteiger partial charge < -0.3 is 5.11 Å². The molecule has 1 N–H and O–H groups in total. The summed E-state index contributed by atoms with van der Waals surface area (Å²) in [7, 11) is 0. The van der Waals surface area contributed by atoms with E-state index in [9.17, 15) is 9.90 Å². The van der Waals surface area contributed by atoms with Crippen LogP contribution in [-0.2, 0) is 4.79 Å². The van der Waals surface area contributed by atoms with E-state index in [4.69, 9.17) is 0 Å². The van der Waals surface area contributed by atoms with Crippen molar-refractivity contribution in [1.29, 1.82) is 0 Å². The van der Waals surface area contributed by atoms with Gasteiger partial charge in [0, 0.05) is 17.8 Å². The van der Waals surface area contributed by atoms with Crippen molar-refractivity contribution < 1.29 is 9.90 Å². The molecule has 4 aliphatic carbocycles. The molecule has 1 aromatic rings. The van der Waals surface area contributed by atoms with Crippen LogP contribution >= 0.6 is 0 Å². The lowest BCUT2D eigenvalue weighted by Crippen LogP contribution is -2.52. The molecule has 0 unspecified atom stereocenters. The van der Waals surface area contributed by atoms with Gasteiger partial charge in [-0.2, -0.15) is 0 Å². The normalized spacial score (nSPS) is 39.1. The summed E-state index contributed by atoms with van der Waals surface area (Å²) in [5, 5.41) is 12.1. The number of ketones is 1. The molecule has 2 fully saturated rings. The smallest absolute Gasteiger partial charge is 0.156 e. The SMILES string of the molecule is CC#C[C@]1(O)[C@H](CC)C[C@H]2[C@@H]3CCC4=CC(=O)CCC4=C3[C@@H](c3ccccc3)C[C@@]21C. The van der Waals surface area contributed by atoms with Gasteiger partial charge in [-0.3, -0.25) is 4.79 Å². The summed E-state index contributed by atoms with van der Waals surface area (Å²) in [4.78, 5) is 12.2. The molecule has 0 spiro atoms. The van der Waals surface area contributed by atoms with Gasteiger partial charge in [0.2, 0.25) is 0 Å². The predicted molar refractivity (Wildman–Crippen MR) is 124 cm³/mol. The number of carbonyl (C=O) groups excluding carboxylic acids is 1. The standard InChI is InChI=1S/C29H34O2/c1-4-15-29(31)21(5-2)17-26-24-13-11-20-16-22(30)12-14-23(20)27(24)25(18-28(26,29)3)19-9-7-6-8-10-19/h6-10,16,21,24-26,31H,5,11-14,17-18H2,1-3H3/t21-,24+,25-,26+,28+,29+/m1/s1. The van der Waals surface area contributed by atoms with Gasteiger partial charge in [0.05, 0.1) is 0 Å². The second-order valence-electron chi connectivity index (χ2n) is 10.4. The van der Waals surface area contributed by atoms with Crippen LogP contribution in [0.3, 0.4) is 0 Å². The number of aliphatic hydroxyl groups is 1. The fraction of sp³-hybridized carbons (Fsp3) is 0.552. The average molecular weight is 415 g/mol. The van der Waals surface area contributed by atoms with Gasteiger partial charge in [0.25, 0.3) is 0 Å². The van der Waals surface area contributed by atoms with Gasteiger partial charge in [-0.15, -0.1) is 5.92 Å². The van der Waals surface area contributed by atoms with E-state index in [0.29, 0.717) is 24.2 Å². The van der Waals surface area contributed by atoms with Gasteiger partial charge in [-0.25, -0.2) is 0 Å². The van der Waals surface area contributed by atoms with E-state index >= 15 is 0 Å². The summed E-state index contributed by atoms with van der Waals surface area (Å²) in [6.45, 7) is 6.39. The average Bonchev–Trinajstić information content (AvgIpc) is 3.00. The van der Waals surface area contributed by atoms with Crippen molar-refractivity contribution in [3.8, 4) is 11.8 Å². The highest BCUT2D eigenvalue weighted by molar-refractivity contribution is 5.93. The van der Waals surface area contributed by atoms with Crippen LogP contribution in [-0.4, -0.2) is 16.5 Å². The zero-order valence-corrected chi connectivity index (χ0v) is 19.1. The Morgan fingerprint density at radius 3 is 2.65 bits per heavy atom. The van der Waals surface area contributed by atoms with Crippen LogP contribution in [0, 0.1) is 35.0 Å². The highest BCUT2D eigenvalue weighted by atomic mass is 16.3. The van der Waals surface area contributed by atoms with Crippen molar-refractivity contribution in [1.82, 2.24) is 0 Å². The molecule has 6 atom stereocenters. The third-order valence-electron chi connectivity index (χ3n) is 9.13. The van der Waals surface area contributed by atoms with Crippen LogP contribution in [0.1, 0.15) is 77.2 Å². The van der Waals surface area contributed by atoms with E-state index in [-0.39, 0.29) is 17.1 Å². The first-order chi connectivity index (χ1) is 14.9. The molecular weight excluding hydrogens is 380 g/mol. The van der Waals surface area contributed by atoms with Crippen LogP contribution < -0.4 is 0 Å². The lowest BCUT2D eigenvalue weighted by molar-refractivity contribution is -0.114. The second-order valence-corrected chi connectivity index (χ2v) is 10.4. The Kier molecular flexibility index (Phi) is 5.02. The summed E-state index contributed by atoms with van der Waals surface area (Å²) >= 11 is 0. The summed E-state index contributed by atoms with van der Waals surface area (Å²) in [6.07, 6.45) is 8.50. The van der Waals surface area contributed by atoms with Crippen LogP contribution in [0.4, 0.5) is 0 Å². The molecule has 4 aliphatic rings. The zero-order valence-electron chi connectivity index (χ0n) is 19.1. The largest absolute Gasteiger partial charge is 0.377 e. The Hall–Kier alpha value is -2.11. The van der Waals surface area contributed by atoms with E-state index in [1.807, 2.05) is 13.0 Å². The molecular formula is C29H34O2. The summed E-state index contributed by atoms with van der Waals surface area (Å²) in [5.41, 5.74) is 4.54. The predicted octanol–water partition coefficient (Wildman–Crippen LogP) is 5.98. The van der Waals surface area contributed by atoms with E-state index in [1.54, 1.807) is 5.57 Å². The molecule has 0 saturated heterocycles. The first kappa shape index (κ1) is 20.8. The number of fused-ring (bicyclic) bond motifs is 4. The maximum atomic E-state index is 12.2. The van der Waals surface area contributed by atoms with Crippen molar-refractivity contribution in [2.24, 2.45) is 23.2 Å². The molecule has 31 heavy (non-hydrogen) atoms. The Morgan fingerprint density at radius 1 is 1.16 bits per heavy atom. The Morgan fingerprint density at radius 2 is 1.94 bits per heavy atom. The molecule has 0 radical (unpaired) electrons. The molecule has 2 saturated carbocycles. The van der Waals surface area contributed by atoms with Gasteiger partial charge in [0.1, 0.15) is 5.60 Å². The third-order valence-corrected chi connectivity index (χ3v) is 9.13. The zero-order chi connectivity index (χ0) is 21.8. The molecule has 0 amide bonds. The van der Waals surface area contributed by atoms with E-state index in [0.717, 1.165) is 38.5 Å². The molecule has 162 valence electrons. The minimum Gasteiger partial charge on any atom is -0.377 e. The summed E-state index contributed by atoms with van der Waals surface area (Å²) < 4.78 is 0. The lowest BCUT2D eigenvalue weighted by atomic mass is 9.51. The van der Waals surface area contributed by atoms with Gasteiger partial charge in [-0.05, 0) is 86.0 Å². The molecule has 0 aliphatic heterocycles. The first-order valence-corrected chi connectivity index (χ1v) is 12.1. The van der Waals surface area contributed by atoms with Crippen molar-refractivity contribution in [2.75, 3.05) is 0 Å². The van der Waals surface area contributed by atoms with Crippen molar-refractivity contribution in [3.05, 3.63) is 58.7 Å². The summed E-state index contributed by atoms with van der Waals surface area (Å²) in [6, 6.07) is 10.9. The van der Waals surface area contributed by atoms with Gasteiger partial charge >= 0.3 is 0 Å². The highest BCUT2D eigenvalue weighted by Crippen LogP contribution is 2.68. The second kappa shape index (κ2) is 7.49. The number of hydrogen-bond acceptors (Lipinski definition) is 2. The van der Waals surface area contributed by atoms with Crippen LogP contribution in [0.25, 0.3) is 0 Å². The molecule has 2 heteroatoms. The molecule has 5 rings (SSSR count). The van der Waals surface area contributed by atoms with Crippen molar-refractivity contribution in [2.45, 2.75) is 77.2 Å². The van der Waals surface area contributed by atoms with E-state index in [2.05, 4.69) is 56.0 Å². The fourth-order valence-corrected chi connectivity index (χ4v) is 7.71. The monoisotopic (exact) mass is 414 g/mol. The molecule has 0 aromatic heterocycles. The highest BCUT2D eigenvalue weighted by Gasteiger charge is 2.65. The van der Waals surface area contributed by atoms with Gasteiger partial charge in [0.15, 0.2) is 5.78 Å². The third kappa shape index (κ3) is 2.93. The minimum absolute atomic E-state index is 0.223. The summed E-state index contributed by atoms with van der Waals surface area (Å²) in [5.74, 6) is 8.14.